The van der Waals surface area contributed by atoms with Crippen molar-refractivity contribution in [3.8, 4) is 5.75 Å². The van der Waals surface area contributed by atoms with Gasteiger partial charge < -0.3 is 19.6 Å². The first kappa shape index (κ1) is 27.4. The molecule has 38 heavy (non-hydrogen) atoms. The summed E-state index contributed by atoms with van der Waals surface area (Å²) < 4.78 is 6.03. The Morgan fingerprint density at radius 2 is 1.68 bits per heavy atom. The standard InChI is InChI=1S/C31H33ClN2O4/c1-3-33(4-2)18-9-19-34-28(24-12-8-13-26(20-24)38-21-22-10-6-5-7-11-22)27(30(36)31(34)37)29(35)23-14-16-25(32)17-15-23/h5-8,10-17,20,28,35H,3-4,9,18-19,21H2,1-2H3. The molecule has 0 aromatic heterocycles. The second kappa shape index (κ2) is 12.8. The highest BCUT2D eigenvalue weighted by Crippen LogP contribution is 2.40. The summed E-state index contributed by atoms with van der Waals surface area (Å²) in [6, 6.07) is 23.1. The van der Waals surface area contributed by atoms with Crippen molar-refractivity contribution < 1.29 is 19.4 Å². The Balaban J connectivity index is 1.69. The topological polar surface area (TPSA) is 70.1 Å². The maximum absolute atomic E-state index is 13.3. The summed E-state index contributed by atoms with van der Waals surface area (Å²) in [5.74, 6) is -0.903. The van der Waals surface area contributed by atoms with Gasteiger partial charge in [-0.1, -0.05) is 67.9 Å². The predicted octanol–water partition coefficient (Wildman–Crippen LogP) is 6.07. The van der Waals surface area contributed by atoms with Crippen LogP contribution in [0.25, 0.3) is 5.76 Å². The van der Waals surface area contributed by atoms with Gasteiger partial charge in [0.25, 0.3) is 11.7 Å². The molecule has 1 heterocycles. The number of nitrogens with zero attached hydrogens (tertiary/aromatic N) is 2. The van der Waals surface area contributed by atoms with E-state index in [4.69, 9.17) is 16.3 Å². The number of carbonyl (C=O) groups is 2. The van der Waals surface area contributed by atoms with Gasteiger partial charge >= 0.3 is 0 Å². The largest absolute Gasteiger partial charge is 0.507 e. The Labute approximate surface area is 229 Å². The molecule has 7 heteroatoms. The van der Waals surface area contributed by atoms with Crippen LogP contribution in [-0.4, -0.2) is 52.8 Å². The van der Waals surface area contributed by atoms with Gasteiger partial charge in [0, 0.05) is 17.1 Å². The van der Waals surface area contributed by atoms with E-state index in [1.165, 1.54) is 0 Å². The fraction of sp³-hybridized carbons (Fsp3) is 0.290. The van der Waals surface area contributed by atoms with Gasteiger partial charge in [-0.3, -0.25) is 9.59 Å². The van der Waals surface area contributed by atoms with Gasteiger partial charge in [-0.2, -0.15) is 0 Å². The van der Waals surface area contributed by atoms with Gasteiger partial charge in [-0.25, -0.2) is 0 Å². The van der Waals surface area contributed by atoms with E-state index >= 15 is 0 Å². The normalized spacial score (nSPS) is 16.8. The highest BCUT2D eigenvalue weighted by molar-refractivity contribution is 6.46. The van der Waals surface area contributed by atoms with E-state index in [2.05, 4.69) is 18.7 Å². The lowest BCUT2D eigenvalue weighted by molar-refractivity contribution is -0.140. The number of rotatable bonds is 11. The van der Waals surface area contributed by atoms with Crippen LogP contribution in [0.2, 0.25) is 5.02 Å². The molecule has 1 unspecified atom stereocenters. The minimum atomic E-state index is -0.734. The van der Waals surface area contributed by atoms with E-state index in [-0.39, 0.29) is 11.3 Å². The van der Waals surface area contributed by atoms with Gasteiger partial charge in [0.05, 0.1) is 11.6 Å². The lowest BCUT2D eigenvalue weighted by Gasteiger charge is -2.27. The Kier molecular flexibility index (Phi) is 9.21. The molecule has 0 saturated carbocycles. The van der Waals surface area contributed by atoms with Gasteiger partial charge in [-0.15, -0.1) is 0 Å². The van der Waals surface area contributed by atoms with Crippen LogP contribution in [0.4, 0.5) is 0 Å². The number of amides is 1. The number of hydrogen-bond acceptors (Lipinski definition) is 5. The van der Waals surface area contributed by atoms with Crippen LogP contribution in [0.15, 0.2) is 84.4 Å². The van der Waals surface area contributed by atoms with E-state index in [0.717, 1.165) is 25.2 Å². The van der Waals surface area contributed by atoms with Crippen LogP contribution in [0.1, 0.15) is 43.0 Å². The number of hydrogen-bond donors (Lipinski definition) is 1. The Morgan fingerprint density at radius 3 is 2.37 bits per heavy atom. The molecule has 6 nitrogen and oxygen atoms in total. The Bertz CT molecular complexity index is 1290. The molecule has 0 radical (unpaired) electrons. The molecule has 198 valence electrons. The van der Waals surface area contributed by atoms with Crippen LogP contribution in [-0.2, 0) is 16.2 Å². The first-order chi connectivity index (χ1) is 18.4. The second-order valence-corrected chi connectivity index (χ2v) is 9.66. The molecule has 1 fully saturated rings. The molecule has 1 aliphatic heterocycles. The molecule has 0 spiro atoms. The van der Waals surface area contributed by atoms with Crippen molar-refractivity contribution in [3.63, 3.8) is 0 Å². The number of likely N-dealkylation sites (tertiary alicyclic amines) is 1. The summed E-state index contributed by atoms with van der Waals surface area (Å²) in [5, 5.41) is 11.8. The second-order valence-electron chi connectivity index (χ2n) is 9.23. The average Bonchev–Trinajstić information content (AvgIpc) is 3.20. The first-order valence-electron chi connectivity index (χ1n) is 13.0. The number of benzene rings is 3. The summed E-state index contributed by atoms with van der Waals surface area (Å²) in [6.07, 6.45) is 0.705. The van der Waals surface area contributed by atoms with Crippen molar-refractivity contribution in [2.45, 2.75) is 32.9 Å². The van der Waals surface area contributed by atoms with Crippen LogP contribution in [0, 0.1) is 0 Å². The summed E-state index contributed by atoms with van der Waals surface area (Å²) in [7, 11) is 0. The predicted molar refractivity (Wildman–Crippen MR) is 150 cm³/mol. The minimum absolute atomic E-state index is 0.0698. The minimum Gasteiger partial charge on any atom is -0.507 e. The van der Waals surface area contributed by atoms with Gasteiger partial charge in [-0.05, 0) is 73.6 Å². The zero-order chi connectivity index (χ0) is 27.1. The molecule has 0 aliphatic carbocycles. The molecule has 1 saturated heterocycles. The third-order valence-electron chi connectivity index (χ3n) is 6.85. The molecule has 1 atom stereocenters. The number of aliphatic hydroxyl groups excluding tert-OH is 1. The van der Waals surface area contributed by atoms with Crippen LogP contribution in [0.5, 0.6) is 5.75 Å². The van der Waals surface area contributed by atoms with Crippen LogP contribution in [0.3, 0.4) is 0 Å². The fourth-order valence-corrected chi connectivity index (χ4v) is 4.87. The third kappa shape index (κ3) is 6.26. The van der Waals surface area contributed by atoms with Gasteiger partial charge in [0.15, 0.2) is 0 Å². The van der Waals surface area contributed by atoms with Crippen molar-refractivity contribution in [3.05, 3.63) is 106 Å². The molecule has 1 N–H and O–H groups in total. The number of ketones is 1. The van der Waals surface area contributed by atoms with E-state index < -0.39 is 17.7 Å². The van der Waals surface area contributed by atoms with E-state index in [1.807, 2.05) is 54.6 Å². The maximum Gasteiger partial charge on any atom is 0.295 e. The average molecular weight is 533 g/mol. The molecule has 1 aliphatic rings. The molecule has 3 aromatic rings. The van der Waals surface area contributed by atoms with E-state index in [0.29, 0.717) is 41.5 Å². The van der Waals surface area contributed by atoms with Gasteiger partial charge in [0.2, 0.25) is 0 Å². The Hall–Kier alpha value is -3.61. The smallest absolute Gasteiger partial charge is 0.295 e. The van der Waals surface area contributed by atoms with Gasteiger partial charge in [0.1, 0.15) is 18.1 Å². The van der Waals surface area contributed by atoms with Crippen molar-refractivity contribution in [1.82, 2.24) is 9.80 Å². The van der Waals surface area contributed by atoms with Crippen molar-refractivity contribution in [2.75, 3.05) is 26.2 Å². The van der Waals surface area contributed by atoms with E-state index in [9.17, 15) is 14.7 Å². The molecule has 1 amide bonds. The zero-order valence-electron chi connectivity index (χ0n) is 21.8. The van der Waals surface area contributed by atoms with Crippen LogP contribution < -0.4 is 4.74 Å². The van der Waals surface area contributed by atoms with E-state index in [1.54, 1.807) is 29.2 Å². The van der Waals surface area contributed by atoms with Crippen molar-refractivity contribution in [2.24, 2.45) is 0 Å². The molecule has 4 rings (SSSR count). The quantitative estimate of drug-likeness (QED) is 0.184. The third-order valence-corrected chi connectivity index (χ3v) is 7.10. The zero-order valence-corrected chi connectivity index (χ0v) is 22.5. The first-order valence-corrected chi connectivity index (χ1v) is 13.3. The summed E-state index contributed by atoms with van der Waals surface area (Å²) in [6.45, 7) is 7.61. The summed E-state index contributed by atoms with van der Waals surface area (Å²) in [5.41, 5.74) is 2.23. The fourth-order valence-electron chi connectivity index (χ4n) is 4.74. The number of halogens is 1. The molecular formula is C31H33ClN2O4. The lowest BCUT2D eigenvalue weighted by atomic mass is 9.95. The maximum atomic E-state index is 13.3. The summed E-state index contributed by atoms with van der Waals surface area (Å²) in [4.78, 5) is 30.4. The number of Topliss-reactive ketones (excluding diaryl/α,β-unsaturated/α-hetero) is 1. The van der Waals surface area contributed by atoms with Crippen LogP contribution >= 0.6 is 11.6 Å². The number of ether oxygens (including phenoxy) is 1. The lowest BCUT2D eigenvalue weighted by Crippen LogP contribution is -2.33. The number of carbonyl (C=O) groups excluding carboxylic acids is 2. The number of aliphatic hydroxyl groups is 1. The highest BCUT2D eigenvalue weighted by atomic mass is 35.5. The molecular weight excluding hydrogens is 500 g/mol. The monoisotopic (exact) mass is 532 g/mol. The molecule has 0 bridgehead atoms. The highest BCUT2D eigenvalue weighted by Gasteiger charge is 2.45. The SMILES string of the molecule is CCN(CC)CCCN1C(=O)C(=O)C(=C(O)c2ccc(Cl)cc2)C1c1cccc(OCc2ccccc2)c1. The molecule has 3 aromatic carbocycles. The Morgan fingerprint density at radius 1 is 0.974 bits per heavy atom. The summed E-state index contributed by atoms with van der Waals surface area (Å²) >= 11 is 6.03. The van der Waals surface area contributed by atoms with Crippen molar-refractivity contribution >= 4 is 29.1 Å². The van der Waals surface area contributed by atoms with Crippen molar-refractivity contribution in [1.29, 1.82) is 0 Å².